The van der Waals surface area contributed by atoms with Gasteiger partial charge >= 0.3 is 0 Å². The summed E-state index contributed by atoms with van der Waals surface area (Å²) >= 11 is 5.99. The van der Waals surface area contributed by atoms with E-state index in [4.69, 9.17) is 16.3 Å². The topological polar surface area (TPSA) is 129 Å². The number of H-pyrrole nitrogens is 1. The van der Waals surface area contributed by atoms with Gasteiger partial charge in [-0.2, -0.15) is 5.10 Å². The molecule has 1 atom stereocenters. The zero-order chi connectivity index (χ0) is 23.3. The van der Waals surface area contributed by atoms with E-state index in [0.29, 0.717) is 35.3 Å². The molecule has 4 aromatic rings. The molecular formula is C22H22ClN5O4S. The number of pyridine rings is 1. The number of aliphatic hydroxyl groups excluding tert-OH is 1. The summed E-state index contributed by atoms with van der Waals surface area (Å²) in [6, 6.07) is 15.1. The number of aliphatic hydroxyl groups is 1. The molecule has 2 heterocycles. The first-order valence-corrected chi connectivity index (χ1v) is 12.0. The first-order valence-electron chi connectivity index (χ1n) is 10.1. The zero-order valence-electron chi connectivity index (χ0n) is 17.4. The van der Waals surface area contributed by atoms with E-state index >= 15 is 0 Å². The number of nitrogens with zero attached hydrogens (tertiary/aromatic N) is 2. The standard InChI is InChI=1S/C22H22ClN5O4S/c23-22-19-7-6-17(12-20(19)26-27-22)32-10-9-25-14-21(29)15-3-1-4-16(11-15)28-33(30,31)18-5-2-8-24-13-18/h1-8,11-13,21,25,28-29H,9-10,14H2,(H,26,27). The van der Waals surface area contributed by atoms with Crippen molar-refractivity contribution >= 4 is 38.2 Å². The number of halogens is 1. The third-order valence-corrected chi connectivity index (χ3v) is 6.49. The molecule has 0 spiro atoms. The number of fused-ring (bicyclic) bond motifs is 1. The molecule has 0 fully saturated rings. The number of hydrogen-bond donors (Lipinski definition) is 4. The molecule has 2 aromatic carbocycles. The monoisotopic (exact) mass is 487 g/mol. The lowest BCUT2D eigenvalue weighted by molar-refractivity contribution is 0.172. The van der Waals surface area contributed by atoms with Crippen molar-refractivity contribution in [3.05, 3.63) is 77.7 Å². The van der Waals surface area contributed by atoms with Gasteiger partial charge in [0.25, 0.3) is 10.0 Å². The molecule has 0 aliphatic rings. The third-order valence-electron chi connectivity index (χ3n) is 4.83. The Hall–Kier alpha value is -3.18. The second-order valence-electron chi connectivity index (χ2n) is 7.20. The van der Waals surface area contributed by atoms with Gasteiger partial charge in [-0.1, -0.05) is 23.7 Å². The second kappa shape index (κ2) is 10.2. The number of aromatic nitrogens is 3. The summed E-state index contributed by atoms with van der Waals surface area (Å²) in [5.74, 6) is 0.668. The molecule has 33 heavy (non-hydrogen) atoms. The first-order chi connectivity index (χ1) is 15.9. The van der Waals surface area contributed by atoms with E-state index in [1.54, 1.807) is 36.4 Å². The Morgan fingerprint density at radius 1 is 1.15 bits per heavy atom. The van der Waals surface area contributed by atoms with Crippen molar-refractivity contribution in [2.45, 2.75) is 11.0 Å². The highest BCUT2D eigenvalue weighted by Gasteiger charge is 2.15. The van der Waals surface area contributed by atoms with E-state index in [0.717, 1.165) is 10.9 Å². The summed E-state index contributed by atoms with van der Waals surface area (Å²) < 4.78 is 33.1. The average molecular weight is 488 g/mol. The van der Waals surface area contributed by atoms with Crippen molar-refractivity contribution in [1.82, 2.24) is 20.5 Å². The molecular weight excluding hydrogens is 466 g/mol. The van der Waals surface area contributed by atoms with E-state index in [2.05, 4.69) is 25.2 Å². The van der Waals surface area contributed by atoms with Crippen molar-refractivity contribution < 1.29 is 18.3 Å². The maximum absolute atomic E-state index is 12.5. The Morgan fingerprint density at radius 3 is 2.85 bits per heavy atom. The molecule has 4 N–H and O–H groups in total. The number of nitrogens with one attached hydrogen (secondary N) is 3. The third kappa shape index (κ3) is 5.79. The lowest BCUT2D eigenvalue weighted by Crippen LogP contribution is -2.26. The average Bonchev–Trinajstić information content (AvgIpc) is 3.19. The fourth-order valence-electron chi connectivity index (χ4n) is 3.18. The van der Waals surface area contributed by atoms with Crippen LogP contribution in [0.15, 0.2) is 71.9 Å². The molecule has 11 heteroatoms. The molecule has 2 aromatic heterocycles. The van der Waals surface area contributed by atoms with E-state index in [1.165, 1.54) is 18.5 Å². The number of sulfonamides is 1. The highest BCUT2D eigenvalue weighted by molar-refractivity contribution is 7.92. The number of aromatic amines is 1. The summed E-state index contributed by atoms with van der Waals surface area (Å²) in [5.41, 5.74) is 1.66. The van der Waals surface area contributed by atoms with Gasteiger partial charge in [-0.25, -0.2) is 8.42 Å². The minimum Gasteiger partial charge on any atom is -0.492 e. The summed E-state index contributed by atoms with van der Waals surface area (Å²) in [6.45, 7) is 1.17. The van der Waals surface area contributed by atoms with Crippen LogP contribution in [0.2, 0.25) is 5.15 Å². The van der Waals surface area contributed by atoms with Crippen molar-refractivity contribution in [2.24, 2.45) is 0 Å². The molecule has 0 amide bonds. The lowest BCUT2D eigenvalue weighted by Gasteiger charge is -2.14. The second-order valence-corrected chi connectivity index (χ2v) is 9.26. The number of rotatable bonds is 10. The minimum absolute atomic E-state index is 0.0622. The summed E-state index contributed by atoms with van der Waals surface area (Å²) in [7, 11) is -3.76. The quantitative estimate of drug-likeness (QED) is 0.253. The SMILES string of the molecule is O=S(=O)(Nc1cccc(C(O)CNCCOc2ccc3c(Cl)[nH]nc3c2)c1)c1cccnc1. The lowest BCUT2D eigenvalue weighted by atomic mass is 10.1. The van der Waals surface area contributed by atoms with Gasteiger partial charge in [0.15, 0.2) is 0 Å². The van der Waals surface area contributed by atoms with Crippen LogP contribution in [0.1, 0.15) is 11.7 Å². The molecule has 0 aliphatic carbocycles. The Labute approximate surface area is 195 Å². The first kappa shape index (κ1) is 23.0. The van der Waals surface area contributed by atoms with E-state index in [9.17, 15) is 13.5 Å². The van der Waals surface area contributed by atoms with Crippen LogP contribution >= 0.6 is 11.6 Å². The Balaban J connectivity index is 1.26. The van der Waals surface area contributed by atoms with Crippen LogP contribution in [0.25, 0.3) is 10.9 Å². The van der Waals surface area contributed by atoms with Gasteiger partial charge < -0.3 is 15.2 Å². The maximum atomic E-state index is 12.5. The Morgan fingerprint density at radius 2 is 2.03 bits per heavy atom. The van der Waals surface area contributed by atoms with Crippen molar-refractivity contribution in [3.8, 4) is 5.75 Å². The number of anilines is 1. The van der Waals surface area contributed by atoms with Crippen molar-refractivity contribution in [1.29, 1.82) is 0 Å². The van der Waals surface area contributed by atoms with Gasteiger partial charge in [0.2, 0.25) is 0 Å². The van der Waals surface area contributed by atoms with Gasteiger partial charge in [0.05, 0.1) is 11.6 Å². The molecule has 0 saturated carbocycles. The molecule has 0 aliphatic heterocycles. The van der Waals surface area contributed by atoms with E-state index in [1.807, 2.05) is 12.1 Å². The molecule has 0 bridgehead atoms. The van der Waals surface area contributed by atoms with Crippen LogP contribution in [-0.4, -0.2) is 48.4 Å². The fraction of sp³-hybridized carbons (Fsp3) is 0.182. The zero-order valence-corrected chi connectivity index (χ0v) is 19.0. The van der Waals surface area contributed by atoms with Gasteiger partial charge in [-0.05, 0) is 42.0 Å². The number of ether oxygens (including phenoxy) is 1. The van der Waals surface area contributed by atoms with Crippen LogP contribution in [0, 0.1) is 0 Å². The largest absolute Gasteiger partial charge is 0.492 e. The summed E-state index contributed by atoms with van der Waals surface area (Å²) in [5, 5.41) is 21.7. The molecule has 0 saturated heterocycles. The van der Waals surface area contributed by atoms with Gasteiger partial charge in [-0.15, -0.1) is 0 Å². The summed E-state index contributed by atoms with van der Waals surface area (Å²) in [6.07, 6.45) is 1.95. The van der Waals surface area contributed by atoms with Crippen molar-refractivity contribution in [2.75, 3.05) is 24.4 Å². The van der Waals surface area contributed by atoms with E-state index in [-0.39, 0.29) is 11.4 Å². The molecule has 4 rings (SSSR count). The van der Waals surface area contributed by atoms with E-state index < -0.39 is 16.1 Å². The van der Waals surface area contributed by atoms with Gasteiger partial charge in [-0.3, -0.25) is 14.8 Å². The van der Waals surface area contributed by atoms with Crippen molar-refractivity contribution in [3.63, 3.8) is 0 Å². The van der Waals surface area contributed by atoms with Gasteiger partial charge in [0.1, 0.15) is 22.4 Å². The summed E-state index contributed by atoms with van der Waals surface area (Å²) in [4.78, 5) is 3.90. The van der Waals surface area contributed by atoms with Gasteiger partial charge in [0, 0.05) is 42.6 Å². The predicted molar refractivity (Wildman–Crippen MR) is 126 cm³/mol. The van der Waals surface area contributed by atoms with Crippen LogP contribution in [0.3, 0.4) is 0 Å². The highest BCUT2D eigenvalue weighted by atomic mass is 35.5. The Bertz CT molecular complexity index is 1330. The number of hydrogen-bond acceptors (Lipinski definition) is 7. The number of benzene rings is 2. The normalized spacial score (nSPS) is 12.5. The molecule has 9 nitrogen and oxygen atoms in total. The van der Waals surface area contributed by atoms with Crippen LogP contribution in [0.4, 0.5) is 5.69 Å². The maximum Gasteiger partial charge on any atom is 0.263 e. The smallest absolute Gasteiger partial charge is 0.263 e. The molecule has 172 valence electrons. The minimum atomic E-state index is -3.76. The Kier molecular flexibility index (Phi) is 7.09. The predicted octanol–water partition coefficient (Wildman–Crippen LogP) is 3.11. The highest BCUT2D eigenvalue weighted by Crippen LogP contribution is 2.24. The fourth-order valence-corrected chi connectivity index (χ4v) is 4.39. The molecule has 0 radical (unpaired) electrons. The molecule has 1 unspecified atom stereocenters. The van der Waals surface area contributed by atoms with Crippen LogP contribution in [0.5, 0.6) is 5.75 Å². The van der Waals surface area contributed by atoms with Crippen LogP contribution < -0.4 is 14.8 Å². The van der Waals surface area contributed by atoms with Crippen LogP contribution in [-0.2, 0) is 10.0 Å².